The Labute approximate surface area is 116 Å². The standard InChI is InChI=1S/C12H16FNO4.ClH/c1-12(2,5-15)10(14)7-3-6(11(17)18)4-8(13)9(7)16;/h3-4,10,15-16H,5,14H2,1-2H3,(H,17,18);1H/t10-;/m0./s1. The fraction of sp³-hybridized carbons (Fsp3) is 0.417. The third kappa shape index (κ3) is 3.56. The second-order valence-electron chi connectivity index (χ2n) is 4.83. The molecule has 7 heteroatoms. The molecule has 0 radical (unpaired) electrons. The van der Waals surface area contributed by atoms with E-state index in [1.807, 2.05) is 0 Å². The molecular formula is C12H17ClFNO4. The first-order valence-corrected chi connectivity index (χ1v) is 5.33. The second-order valence-corrected chi connectivity index (χ2v) is 4.83. The van der Waals surface area contributed by atoms with E-state index < -0.39 is 29.0 Å². The number of phenolic OH excluding ortho intramolecular Hbond substituents is 1. The van der Waals surface area contributed by atoms with Crippen LogP contribution in [-0.4, -0.2) is 27.9 Å². The Bertz CT molecular complexity index is 479. The number of aromatic hydroxyl groups is 1. The molecule has 0 unspecified atom stereocenters. The van der Waals surface area contributed by atoms with Crippen molar-refractivity contribution in [3.05, 3.63) is 29.1 Å². The number of carboxylic acids is 1. The lowest BCUT2D eigenvalue weighted by molar-refractivity contribution is 0.0696. The van der Waals surface area contributed by atoms with Gasteiger partial charge in [0.05, 0.1) is 5.56 Å². The van der Waals surface area contributed by atoms with Gasteiger partial charge in [0.1, 0.15) is 0 Å². The van der Waals surface area contributed by atoms with Crippen LogP contribution in [0.2, 0.25) is 0 Å². The monoisotopic (exact) mass is 293 g/mol. The summed E-state index contributed by atoms with van der Waals surface area (Å²) < 4.78 is 13.4. The van der Waals surface area contributed by atoms with E-state index in [2.05, 4.69) is 0 Å². The Balaban J connectivity index is 0.00000324. The van der Waals surface area contributed by atoms with E-state index in [1.165, 1.54) is 0 Å². The number of aliphatic hydroxyl groups excluding tert-OH is 1. The number of rotatable bonds is 4. The van der Waals surface area contributed by atoms with Crippen LogP contribution in [0.1, 0.15) is 35.8 Å². The summed E-state index contributed by atoms with van der Waals surface area (Å²) in [6.07, 6.45) is 0. The molecule has 1 aromatic rings. The molecule has 0 aliphatic rings. The van der Waals surface area contributed by atoms with Crippen LogP contribution in [0.5, 0.6) is 5.75 Å². The number of aromatic carboxylic acids is 1. The Morgan fingerprint density at radius 2 is 2.00 bits per heavy atom. The lowest BCUT2D eigenvalue weighted by atomic mass is 9.81. The van der Waals surface area contributed by atoms with Crippen LogP contribution < -0.4 is 5.73 Å². The molecule has 5 N–H and O–H groups in total. The van der Waals surface area contributed by atoms with Gasteiger partial charge in [0, 0.05) is 23.6 Å². The molecule has 1 atom stereocenters. The van der Waals surface area contributed by atoms with Gasteiger partial charge in [-0.1, -0.05) is 13.8 Å². The summed E-state index contributed by atoms with van der Waals surface area (Å²) in [5.41, 5.74) is 4.69. The van der Waals surface area contributed by atoms with Gasteiger partial charge in [-0.3, -0.25) is 0 Å². The zero-order chi connectivity index (χ0) is 14.1. The fourth-order valence-electron chi connectivity index (χ4n) is 1.50. The molecule has 0 amide bonds. The van der Waals surface area contributed by atoms with E-state index in [-0.39, 0.29) is 30.1 Å². The molecule has 0 aromatic heterocycles. The van der Waals surface area contributed by atoms with Crippen LogP contribution in [-0.2, 0) is 0 Å². The average molecular weight is 294 g/mol. The normalized spacial score (nSPS) is 12.7. The van der Waals surface area contributed by atoms with Crippen LogP contribution >= 0.6 is 12.4 Å². The first-order valence-electron chi connectivity index (χ1n) is 5.33. The van der Waals surface area contributed by atoms with Crippen molar-refractivity contribution in [3.63, 3.8) is 0 Å². The van der Waals surface area contributed by atoms with Gasteiger partial charge in [-0.15, -0.1) is 12.4 Å². The largest absolute Gasteiger partial charge is 0.505 e. The third-order valence-corrected chi connectivity index (χ3v) is 2.92. The zero-order valence-electron chi connectivity index (χ0n) is 10.6. The molecule has 0 saturated carbocycles. The van der Waals surface area contributed by atoms with Crippen molar-refractivity contribution < 1.29 is 24.5 Å². The van der Waals surface area contributed by atoms with Crippen LogP contribution in [0.4, 0.5) is 4.39 Å². The van der Waals surface area contributed by atoms with Crippen molar-refractivity contribution in [2.24, 2.45) is 11.1 Å². The van der Waals surface area contributed by atoms with Crippen molar-refractivity contribution >= 4 is 18.4 Å². The van der Waals surface area contributed by atoms with E-state index >= 15 is 0 Å². The molecule has 1 aromatic carbocycles. The van der Waals surface area contributed by atoms with Crippen LogP contribution in [0.25, 0.3) is 0 Å². The van der Waals surface area contributed by atoms with Gasteiger partial charge in [-0.2, -0.15) is 0 Å². The van der Waals surface area contributed by atoms with Gasteiger partial charge < -0.3 is 21.1 Å². The minimum atomic E-state index is -1.32. The predicted octanol–water partition coefficient (Wildman–Crippen LogP) is 1.67. The number of hydrogen-bond acceptors (Lipinski definition) is 4. The molecule has 5 nitrogen and oxygen atoms in total. The molecule has 108 valence electrons. The SMILES string of the molecule is CC(C)(CO)[C@@H](N)c1cc(C(=O)O)cc(F)c1O.Cl. The van der Waals surface area contributed by atoms with Gasteiger partial charge in [0.25, 0.3) is 0 Å². The first-order chi connectivity index (χ1) is 8.20. The van der Waals surface area contributed by atoms with E-state index in [9.17, 15) is 19.4 Å². The fourth-order valence-corrected chi connectivity index (χ4v) is 1.50. The van der Waals surface area contributed by atoms with Crippen molar-refractivity contribution in [1.82, 2.24) is 0 Å². The Morgan fingerprint density at radius 1 is 1.47 bits per heavy atom. The molecule has 0 saturated heterocycles. The smallest absolute Gasteiger partial charge is 0.335 e. The number of carbonyl (C=O) groups is 1. The highest BCUT2D eigenvalue weighted by Crippen LogP contribution is 2.37. The summed E-state index contributed by atoms with van der Waals surface area (Å²) in [6, 6.07) is 0.944. The molecule has 0 heterocycles. The predicted molar refractivity (Wildman–Crippen MR) is 70.1 cm³/mol. The number of phenols is 1. The summed E-state index contributed by atoms with van der Waals surface area (Å²) in [6.45, 7) is 2.97. The maximum atomic E-state index is 13.4. The molecular weight excluding hydrogens is 277 g/mol. The number of benzene rings is 1. The van der Waals surface area contributed by atoms with E-state index in [0.717, 1.165) is 12.1 Å². The zero-order valence-corrected chi connectivity index (χ0v) is 11.4. The van der Waals surface area contributed by atoms with E-state index in [4.69, 9.17) is 10.8 Å². The van der Waals surface area contributed by atoms with Crippen molar-refractivity contribution in [2.45, 2.75) is 19.9 Å². The van der Waals surface area contributed by atoms with Gasteiger partial charge in [0.2, 0.25) is 0 Å². The maximum absolute atomic E-state index is 13.4. The minimum Gasteiger partial charge on any atom is -0.505 e. The summed E-state index contributed by atoms with van der Waals surface area (Å²) >= 11 is 0. The average Bonchev–Trinajstić information content (AvgIpc) is 2.31. The summed E-state index contributed by atoms with van der Waals surface area (Å²) in [5.74, 6) is -3.05. The molecule has 0 aliphatic heterocycles. The molecule has 0 aliphatic carbocycles. The second kappa shape index (κ2) is 6.18. The van der Waals surface area contributed by atoms with Crippen molar-refractivity contribution in [3.8, 4) is 5.75 Å². The Hall–Kier alpha value is -1.37. The first kappa shape index (κ1) is 17.6. The minimum absolute atomic E-state index is 0. The quantitative estimate of drug-likeness (QED) is 0.676. The van der Waals surface area contributed by atoms with E-state index in [1.54, 1.807) is 13.8 Å². The number of nitrogens with two attached hydrogens (primary N) is 1. The summed E-state index contributed by atoms with van der Waals surface area (Å²) in [4.78, 5) is 10.8. The molecule has 0 bridgehead atoms. The molecule has 1 rings (SSSR count). The van der Waals surface area contributed by atoms with Crippen molar-refractivity contribution in [2.75, 3.05) is 6.61 Å². The van der Waals surface area contributed by atoms with Crippen LogP contribution in [0, 0.1) is 11.2 Å². The lowest BCUT2D eigenvalue weighted by Crippen LogP contribution is -2.32. The molecule has 0 fully saturated rings. The topological polar surface area (TPSA) is 104 Å². The Kier molecular flexibility index (Phi) is 5.74. The van der Waals surface area contributed by atoms with Gasteiger partial charge >= 0.3 is 5.97 Å². The highest BCUT2D eigenvalue weighted by atomic mass is 35.5. The number of aliphatic hydroxyl groups is 1. The molecule has 0 spiro atoms. The number of carboxylic acid groups (broad SMARTS) is 1. The van der Waals surface area contributed by atoms with Gasteiger partial charge in [-0.25, -0.2) is 9.18 Å². The summed E-state index contributed by atoms with van der Waals surface area (Å²) in [5, 5.41) is 27.6. The Morgan fingerprint density at radius 3 is 2.42 bits per heavy atom. The highest BCUT2D eigenvalue weighted by Gasteiger charge is 2.30. The number of halogens is 2. The van der Waals surface area contributed by atoms with E-state index in [0.29, 0.717) is 0 Å². The van der Waals surface area contributed by atoms with Gasteiger partial charge in [-0.05, 0) is 12.1 Å². The highest BCUT2D eigenvalue weighted by molar-refractivity contribution is 5.88. The third-order valence-electron chi connectivity index (χ3n) is 2.92. The van der Waals surface area contributed by atoms with Crippen molar-refractivity contribution in [1.29, 1.82) is 0 Å². The molecule has 19 heavy (non-hydrogen) atoms. The summed E-state index contributed by atoms with van der Waals surface area (Å²) in [7, 11) is 0. The van der Waals surface area contributed by atoms with Crippen LogP contribution in [0.15, 0.2) is 12.1 Å². The maximum Gasteiger partial charge on any atom is 0.335 e. The number of hydrogen-bond donors (Lipinski definition) is 4. The van der Waals surface area contributed by atoms with Gasteiger partial charge in [0.15, 0.2) is 11.6 Å². The van der Waals surface area contributed by atoms with Crippen LogP contribution in [0.3, 0.4) is 0 Å². The lowest BCUT2D eigenvalue weighted by Gasteiger charge is -2.30.